The van der Waals surface area contributed by atoms with Gasteiger partial charge in [0, 0.05) is 25.9 Å². The van der Waals surface area contributed by atoms with Gasteiger partial charge >= 0.3 is 0 Å². The van der Waals surface area contributed by atoms with Crippen LogP contribution in [0.2, 0.25) is 0 Å². The minimum absolute atomic E-state index is 0.0533. The topological polar surface area (TPSA) is 62.7 Å². The predicted molar refractivity (Wildman–Crippen MR) is 75.7 cm³/mol. The van der Waals surface area contributed by atoms with Gasteiger partial charge in [-0.15, -0.1) is 0 Å². The summed E-state index contributed by atoms with van der Waals surface area (Å²) in [6.07, 6.45) is 5.44. The van der Waals surface area contributed by atoms with Crippen molar-refractivity contribution in [1.29, 1.82) is 0 Å². The molecule has 1 aliphatic rings. The Morgan fingerprint density at radius 1 is 1.45 bits per heavy atom. The first-order valence-corrected chi connectivity index (χ1v) is 7.04. The highest BCUT2D eigenvalue weighted by Crippen LogP contribution is 2.28. The van der Waals surface area contributed by atoms with Crippen molar-refractivity contribution in [3.05, 3.63) is 23.9 Å². The third-order valence-corrected chi connectivity index (χ3v) is 4.14. The summed E-state index contributed by atoms with van der Waals surface area (Å²) in [5.41, 5.74) is 0.502. The van der Waals surface area contributed by atoms with Gasteiger partial charge in [-0.2, -0.15) is 0 Å². The van der Waals surface area contributed by atoms with Gasteiger partial charge in [-0.3, -0.25) is 4.79 Å². The molecule has 5 nitrogen and oxygen atoms in total. The highest BCUT2D eigenvalue weighted by Gasteiger charge is 2.28. The van der Waals surface area contributed by atoms with Gasteiger partial charge in [0.2, 0.25) is 5.88 Å². The van der Waals surface area contributed by atoms with Crippen molar-refractivity contribution >= 4 is 5.91 Å². The van der Waals surface area contributed by atoms with Crippen molar-refractivity contribution in [2.75, 3.05) is 20.8 Å². The number of rotatable bonds is 4. The molecule has 110 valence electrons. The Hall–Kier alpha value is -1.62. The van der Waals surface area contributed by atoms with Crippen molar-refractivity contribution in [2.24, 2.45) is 5.92 Å². The van der Waals surface area contributed by atoms with E-state index >= 15 is 0 Å². The number of carbonyl (C=O) groups is 1. The van der Waals surface area contributed by atoms with Gasteiger partial charge in [0.15, 0.2) is 0 Å². The van der Waals surface area contributed by atoms with E-state index < -0.39 is 0 Å². The van der Waals surface area contributed by atoms with Crippen molar-refractivity contribution in [3.63, 3.8) is 0 Å². The number of pyridine rings is 1. The normalized spacial score (nSPS) is 22.4. The lowest BCUT2D eigenvalue weighted by molar-refractivity contribution is 0.0649. The van der Waals surface area contributed by atoms with Crippen LogP contribution in [-0.2, 0) is 0 Å². The van der Waals surface area contributed by atoms with Gasteiger partial charge in [0.25, 0.3) is 5.91 Å². The number of hydrogen-bond acceptors (Lipinski definition) is 4. The van der Waals surface area contributed by atoms with E-state index in [0.717, 1.165) is 25.7 Å². The lowest BCUT2D eigenvalue weighted by Crippen LogP contribution is -2.40. The molecule has 0 atom stereocenters. The fraction of sp³-hybridized carbons (Fsp3) is 0.600. The molecule has 0 spiro atoms. The molecule has 0 saturated heterocycles. The van der Waals surface area contributed by atoms with Crippen LogP contribution in [0.3, 0.4) is 0 Å². The second-order valence-corrected chi connectivity index (χ2v) is 5.33. The minimum Gasteiger partial charge on any atom is -0.480 e. The van der Waals surface area contributed by atoms with E-state index in [1.54, 1.807) is 23.2 Å². The molecule has 0 bridgehead atoms. The lowest BCUT2D eigenvalue weighted by Gasteiger charge is -2.34. The Balaban J connectivity index is 2.05. The smallest absolute Gasteiger partial charge is 0.259 e. The van der Waals surface area contributed by atoms with Crippen LogP contribution in [-0.4, -0.2) is 47.7 Å². The molecule has 1 N–H and O–H groups in total. The molecule has 0 unspecified atom stereocenters. The summed E-state index contributed by atoms with van der Waals surface area (Å²) in [7, 11) is 3.35. The van der Waals surface area contributed by atoms with Crippen LogP contribution >= 0.6 is 0 Å². The number of aliphatic hydroxyl groups excluding tert-OH is 1. The van der Waals surface area contributed by atoms with E-state index in [1.807, 2.05) is 7.05 Å². The van der Waals surface area contributed by atoms with E-state index in [2.05, 4.69) is 4.98 Å². The molecule has 5 heteroatoms. The van der Waals surface area contributed by atoms with E-state index in [-0.39, 0.29) is 18.6 Å². The second kappa shape index (κ2) is 6.70. The van der Waals surface area contributed by atoms with Gasteiger partial charge in [0.05, 0.1) is 7.11 Å². The van der Waals surface area contributed by atoms with Crippen molar-refractivity contribution in [2.45, 2.75) is 31.7 Å². The van der Waals surface area contributed by atoms with Crippen molar-refractivity contribution < 1.29 is 14.6 Å². The molecule has 2 rings (SSSR count). The van der Waals surface area contributed by atoms with Gasteiger partial charge in [-0.05, 0) is 43.7 Å². The van der Waals surface area contributed by atoms with E-state index in [9.17, 15) is 4.79 Å². The Morgan fingerprint density at radius 3 is 2.75 bits per heavy atom. The number of amides is 1. The average Bonchev–Trinajstić information content (AvgIpc) is 2.53. The first kappa shape index (κ1) is 14.8. The fourth-order valence-electron chi connectivity index (χ4n) is 2.79. The zero-order chi connectivity index (χ0) is 14.5. The number of aromatic nitrogens is 1. The zero-order valence-electron chi connectivity index (χ0n) is 12.1. The molecule has 1 fully saturated rings. The molecule has 0 radical (unpaired) electrons. The molecule has 1 heterocycles. The third-order valence-electron chi connectivity index (χ3n) is 4.14. The molecule has 1 amide bonds. The standard InChI is InChI=1S/C15H22N2O3/c1-17(12-7-5-11(10-18)6-8-12)15(19)13-4-3-9-16-14(13)20-2/h3-4,9,11-12,18H,5-8,10H2,1-2H3. The van der Waals surface area contributed by atoms with Crippen molar-refractivity contribution in [1.82, 2.24) is 9.88 Å². The lowest BCUT2D eigenvalue weighted by atomic mass is 9.86. The number of aliphatic hydroxyl groups is 1. The molecule has 1 aromatic rings. The summed E-state index contributed by atoms with van der Waals surface area (Å²) in [5, 5.41) is 9.17. The molecule has 0 aromatic carbocycles. The van der Waals surface area contributed by atoms with Crippen LogP contribution in [0.15, 0.2) is 18.3 Å². The van der Waals surface area contributed by atoms with Crippen LogP contribution in [0.5, 0.6) is 5.88 Å². The second-order valence-electron chi connectivity index (χ2n) is 5.33. The van der Waals surface area contributed by atoms with Gasteiger partial charge < -0.3 is 14.7 Å². The Morgan fingerprint density at radius 2 is 2.15 bits per heavy atom. The van der Waals surface area contributed by atoms with Crippen LogP contribution in [0.1, 0.15) is 36.0 Å². The first-order valence-electron chi connectivity index (χ1n) is 7.04. The molecular weight excluding hydrogens is 256 g/mol. The van der Waals surface area contributed by atoms with Gasteiger partial charge in [-0.1, -0.05) is 0 Å². The molecule has 1 aliphatic carbocycles. The zero-order valence-corrected chi connectivity index (χ0v) is 12.1. The van der Waals surface area contributed by atoms with Crippen LogP contribution in [0.4, 0.5) is 0 Å². The first-order chi connectivity index (χ1) is 9.67. The summed E-state index contributed by atoms with van der Waals surface area (Å²) < 4.78 is 5.15. The highest BCUT2D eigenvalue weighted by atomic mass is 16.5. The number of nitrogens with zero attached hydrogens (tertiary/aromatic N) is 2. The monoisotopic (exact) mass is 278 g/mol. The van der Waals surface area contributed by atoms with Crippen LogP contribution in [0.25, 0.3) is 0 Å². The number of methoxy groups -OCH3 is 1. The number of carbonyl (C=O) groups excluding carboxylic acids is 1. The molecule has 1 saturated carbocycles. The maximum absolute atomic E-state index is 12.5. The number of hydrogen-bond donors (Lipinski definition) is 1. The minimum atomic E-state index is -0.0533. The largest absolute Gasteiger partial charge is 0.480 e. The molecule has 0 aliphatic heterocycles. The summed E-state index contributed by atoms with van der Waals surface area (Å²) >= 11 is 0. The van der Waals surface area contributed by atoms with Gasteiger partial charge in [-0.25, -0.2) is 4.98 Å². The SMILES string of the molecule is COc1ncccc1C(=O)N(C)C1CCC(CO)CC1. The highest BCUT2D eigenvalue weighted by molar-refractivity contribution is 5.96. The quantitative estimate of drug-likeness (QED) is 0.910. The Bertz CT molecular complexity index is 456. The summed E-state index contributed by atoms with van der Waals surface area (Å²) in [6.45, 7) is 0.251. The molecular formula is C15H22N2O3. The summed E-state index contributed by atoms with van der Waals surface area (Å²) in [6, 6.07) is 3.71. The number of ether oxygens (including phenoxy) is 1. The maximum atomic E-state index is 12.5. The van der Waals surface area contributed by atoms with E-state index in [0.29, 0.717) is 17.4 Å². The predicted octanol–water partition coefficient (Wildman–Crippen LogP) is 1.71. The Kier molecular flexibility index (Phi) is 4.95. The maximum Gasteiger partial charge on any atom is 0.259 e. The fourth-order valence-corrected chi connectivity index (χ4v) is 2.79. The molecule has 20 heavy (non-hydrogen) atoms. The van der Waals surface area contributed by atoms with Gasteiger partial charge in [0.1, 0.15) is 5.56 Å². The van der Waals surface area contributed by atoms with Crippen LogP contribution in [0, 0.1) is 5.92 Å². The van der Waals surface area contributed by atoms with E-state index in [4.69, 9.17) is 9.84 Å². The Labute approximate surface area is 119 Å². The van der Waals surface area contributed by atoms with Crippen molar-refractivity contribution in [3.8, 4) is 5.88 Å². The summed E-state index contributed by atoms with van der Waals surface area (Å²) in [4.78, 5) is 18.4. The molecule has 1 aromatic heterocycles. The average molecular weight is 278 g/mol. The van der Waals surface area contributed by atoms with E-state index in [1.165, 1.54) is 7.11 Å². The third kappa shape index (κ3) is 3.10. The summed E-state index contributed by atoms with van der Waals surface area (Å²) in [5.74, 6) is 0.707. The van der Waals surface area contributed by atoms with Crippen LogP contribution < -0.4 is 4.74 Å².